The van der Waals surface area contributed by atoms with Crippen LogP contribution in [0.4, 0.5) is 5.69 Å². The number of hydrogen-bond donors (Lipinski definition) is 2. The van der Waals surface area contributed by atoms with Crippen molar-refractivity contribution in [1.82, 2.24) is 14.8 Å². The molecule has 0 bridgehead atoms. The number of aromatic hydroxyl groups is 1. The van der Waals surface area contributed by atoms with Crippen molar-refractivity contribution in [3.8, 4) is 5.88 Å². The van der Waals surface area contributed by atoms with Crippen molar-refractivity contribution in [3.63, 3.8) is 0 Å². The summed E-state index contributed by atoms with van der Waals surface area (Å²) in [4.78, 5) is 25.6. The van der Waals surface area contributed by atoms with Crippen LogP contribution in [0, 0.1) is 0 Å². The van der Waals surface area contributed by atoms with E-state index >= 15 is 0 Å². The molecule has 6 nitrogen and oxygen atoms in total. The molecule has 6 rings (SSSR count). The van der Waals surface area contributed by atoms with Gasteiger partial charge in [0.25, 0.3) is 5.91 Å². The third kappa shape index (κ3) is 7.03. The average molecular weight is 593 g/mol. The number of fused-ring (bicyclic) bond motifs is 1. The van der Waals surface area contributed by atoms with Gasteiger partial charge in [-0.05, 0) is 54.1 Å². The second kappa shape index (κ2) is 13.5. The minimum absolute atomic E-state index is 0.00833. The number of amides is 1. The van der Waals surface area contributed by atoms with E-state index in [1.165, 1.54) is 11.1 Å². The van der Waals surface area contributed by atoms with Gasteiger partial charge in [-0.1, -0.05) is 103 Å². The number of carbonyl (C=O) groups is 1. The maximum absolute atomic E-state index is 13.5. The summed E-state index contributed by atoms with van der Waals surface area (Å²) in [7, 11) is 3.92. The first-order valence-electron chi connectivity index (χ1n) is 15.0. The lowest BCUT2D eigenvalue weighted by atomic mass is 9.99. The molecule has 0 atom stereocenters. The summed E-state index contributed by atoms with van der Waals surface area (Å²) in [6.07, 6.45) is 0. The van der Waals surface area contributed by atoms with E-state index in [0.717, 1.165) is 40.8 Å². The molecule has 0 aliphatic heterocycles. The minimum Gasteiger partial charge on any atom is -0.494 e. The molecule has 2 N–H and O–H groups in total. The quantitative estimate of drug-likeness (QED) is 0.159. The van der Waals surface area contributed by atoms with E-state index in [4.69, 9.17) is 4.99 Å². The number of nitrogens with one attached hydrogen (secondary N) is 1. The van der Waals surface area contributed by atoms with Gasteiger partial charge in [0.2, 0.25) is 0 Å². The Morgan fingerprint density at radius 3 is 1.84 bits per heavy atom. The van der Waals surface area contributed by atoms with Crippen LogP contribution in [0.3, 0.4) is 0 Å². The second-order valence-electron chi connectivity index (χ2n) is 11.4. The van der Waals surface area contributed by atoms with Crippen molar-refractivity contribution in [1.29, 1.82) is 0 Å². The number of H-pyrrole nitrogens is 1. The Morgan fingerprint density at radius 1 is 0.667 bits per heavy atom. The Hall–Kier alpha value is -5.46. The van der Waals surface area contributed by atoms with Crippen LogP contribution < -0.4 is 0 Å². The third-order valence-electron chi connectivity index (χ3n) is 7.84. The molecule has 0 fully saturated rings. The fourth-order valence-electron chi connectivity index (χ4n) is 5.63. The fourth-order valence-corrected chi connectivity index (χ4v) is 5.63. The molecule has 5 aromatic carbocycles. The molecule has 0 spiro atoms. The molecule has 1 amide bonds. The number of aromatic nitrogens is 1. The number of aliphatic imine (C=N–C) groups is 1. The Balaban J connectivity index is 1.31. The van der Waals surface area contributed by atoms with Gasteiger partial charge in [0, 0.05) is 48.7 Å². The van der Waals surface area contributed by atoms with Crippen molar-refractivity contribution in [2.45, 2.75) is 19.6 Å². The standard InChI is InChI=1S/C39H36N4O2/c1-42(25-28-12-6-3-7-13-28)26-30-18-21-33(22-19-30)40-37(31-16-10-5-11-17-31)36-34-24-32(20-23-35(34)41-38(36)44)39(45)43(2)27-29-14-8-4-9-15-29/h3-24,41,44H,25-27H2,1-2H3. The fraction of sp³-hybridized carbons (Fsp3) is 0.128. The molecule has 0 radical (unpaired) electrons. The molecule has 1 heterocycles. The van der Waals surface area contributed by atoms with Crippen LogP contribution in [0.2, 0.25) is 0 Å². The monoisotopic (exact) mass is 592 g/mol. The van der Waals surface area contributed by atoms with E-state index < -0.39 is 0 Å². The summed E-state index contributed by atoms with van der Waals surface area (Å²) in [6.45, 7) is 2.17. The summed E-state index contributed by atoms with van der Waals surface area (Å²) in [5, 5.41) is 11.9. The number of hydrogen-bond acceptors (Lipinski definition) is 4. The Bertz CT molecular complexity index is 1920. The normalized spacial score (nSPS) is 11.7. The number of carbonyl (C=O) groups excluding carboxylic acids is 1. The predicted molar refractivity (Wildman–Crippen MR) is 182 cm³/mol. The molecule has 45 heavy (non-hydrogen) atoms. The van der Waals surface area contributed by atoms with Crippen LogP contribution in [0.1, 0.15) is 38.2 Å². The Morgan fingerprint density at radius 2 is 1.22 bits per heavy atom. The molecule has 6 heteroatoms. The van der Waals surface area contributed by atoms with E-state index in [2.05, 4.69) is 53.3 Å². The largest absolute Gasteiger partial charge is 0.494 e. The van der Waals surface area contributed by atoms with E-state index in [1.54, 1.807) is 18.0 Å². The highest BCUT2D eigenvalue weighted by molar-refractivity contribution is 6.22. The van der Waals surface area contributed by atoms with Crippen molar-refractivity contribution in [2.75, 3.05) is 14.1 Å². The molecule has 0 saturated carbocycles. The highest BCUT2D eigenvalue weighted by atomic mass is 16.3. The second-order valence-corrected chi connectivity index (χ2v) is 11.4. The molecule has 0 aliphatic carbocycles. The first kappa shape index (κ1) is 29.6. The maximum Gasteiger partial charge on any atom is 0.253 e. The van der Waals surface area contributed by atoms with E-state index in [-0.39, 0.29) is 11.8 Å². The van der Waals surface area contributed by atoms with E-state index in [0.29, 0.717) is 23.4 Å². The molecule has 0 saturated heterocycles. The molecule has 0 unspecified atom stereocenters. The summed E-state index contributed by atoms with van der Waals surface area (Å²) < 4.78 is 0. The topological polar surface area (TPSA) is 71.9 Å². The van der Waals surface area contributed by atoms with Crippen molar-refractivity contribution in [2.24, 2.45) is 4.99 Å². The zero-order valence-electron chi connectivity index (χ0n) is 25.5. The number of rotatable bonds is 10. The first-order valence-corrected chi connectivity index (χ1v) is 15.0. The zero-order chi connectivity index (χ0) is 31.2. The molecular weight excluding hydrogens is 556 g/mol. The summed E-state index contributed by atoms with van der Waals surface area (Å²) in [6, 6.07) is 43.9. The van der Waals surface area contributed by atoms with Gasteiger partial charge in [-0.15, -0.1) is 0 Å². The van der Waals surface area contributed by atoms with Gasteiger partial charge in [0.1, 0.15) is 0 Å². The molecule has 0 aliphatic rings. The van der Waals surface area contributed by atoms with Crippen molar-refractivity contribution >= 4 is 28.2 Å². The smallest absolute Gasteiger partial charge is 0.253 e. The van der Waals surface area contributed by atoms with Gasteiger partial charge in [0.15, 0.2) is 5.88 Å². The molecule has 224 valence electrons. The van der Waals surface area contributed by atoms with Crippen LogP contribution in [0.5, 0.6) is 5.88 Å². The van der Waals surface area contributed by atoms with Gasteiger partial charge < -0.3 is 15.0 Å². The van der Waals surface area contributed by atoms with Gasteiger partial charge >= 0.3 is 0 Å². The van der Waals surface area contributed by atoms with Crippen LogP contribution in [0.15, 0.2) is 138 Å². The Kier molecular flexibility index (Phi) is 8.85. The van der Waals surface area contributed by atoms with Crippen LogP contribution >= 0.6 is 0 Å². The van der Waals surface area contributed by atoms with Gasteiger partial charge in [-0.3, -0.25) is 9.69 Å². The first-order chi connectivity index (χ1) is 21.9. The molecular formula is C39H36N4O2. The molecule has 1 aromatic heterocycles. The lowest BCUT2D eigenvalue weighted by Crippen LogP contribution is -2.26. The Labute approximate surface area is 263 Å². The van der Waals surface area contributed by atoms with Crippen molar-refractivity contribution in [3.05, 3.63) is 167 Å². The minimum atomic E-state index is -0.0987. The summed E-state index contributed by atoms with van der Waals surface area (Å²) in [5.41, 5.74) is 7.60. The molecule has 6 aromatic rings. The number of benzene rings is 5. The summed E-state index contributed by atoms with van der Waals surface area (Å²) >= 11 is 0. The lowest BCUT2D eigenvalue weighted by molar-refractivity contribution is 0.0785. The number of aromatic amines is 1. The SMILES string of the molecule is CN(Cc1ccccc1)Cc1ccc(N=C(c2ccccc2)c2c(O)[nH]c3ccc(C(=O)N(C)Cc4ccccc4)cc23)cc1. The zero-order valence-corrected chi connectivity index (χ0v) is 25.5. The third-order valence-corrected chi connectivity index (χ3v) is 7.84. The van der Waals surface area contributed by atoms with E-state index in [9.17, 15) is 9.90 Å². The van der Waals surface area contributed by atoms with Crippen LogP contribution in [-0.2, 0) is 19.6 Å². The average Bonchev–Trinajstić information content (AvgIpc) is 3.40. The van der Waals surface area contributed by atoms with Gasteiger partial charge in [0.05, 0.1) is 17.0 Å². The van der Waals surface area contributed by atoms with Gasteiger partial charge in [-0.25, -0.2) is 4.99 Å². The van der Waals surface area contributed by atoms with E-state index in [1.807, 2.05) is 91.0 Å². The van der Waals surface area contributed by atoms with Crippen LogP contribution in [-0.4, -0.2) is 45.6 Å². The highest BCUT2D eigenvalue weighted by Crippen LogP contribution is 2.32. The van der Waals surface area contributed by atoms with Crippen LogP contribution in [0.25, 0.3) is 10.9 Å². The highest BCUT2D eigenvalue weighted by Gasteiger charge is 2.21. The maximum atomic E-state index is 13.5. The van der Waals surface area contributed by atoms with Crippen molar-refractivity contribution < 1.29 is 9.90 Å². The predicted octanol–water partition coefficient (Wildman–Crippen LogP) is 7.95. The number of nitrogens with zero attached hydrogens (tertiary/aromatic N) is 3. The summed E-state index contributed by atoms with van der Waals surface area (Å²) in [5.74, 6) is -0.0904. The lowest BCUT2D eigenvalue weighted by Gasteiger charge is -2.17. The van der Waals surface area contributed by atoms with Gasteiger partial charge in [-0.2, -0.15) is 0 Å².